The molecule has 0 aromatic rings. The summed E-state index contributed by atoms with van der Waals surface area (Å²) in [6.07, 6.45) is 1.09. The van der Waals surface area contributed by atoms with Crippen LogP contribution in [0, 0.1) is 11.3 Å². The molecule has 1 heterocycles. The first-order valence-corrected chi connectivity index (χ1v) is 6.13. The van der Waals surface area contributed by atoms with Gasteiger partial charge >= 0.3 is 0 Å². The highest BCUT2D eigenvalue weighted by molar-refractivity contribution is 7.99. The molecular weight excluding hydrogens is 182 g/mol. The Morgan fingerprint density at radius 1 is 1.38 bits per heavy atom. The van der Waals surface area contributed by atoms with Crippen molar-refractivity contribution in [1.29, 1.82) is 0 Å². The van der Waals surface area contributed by atoms with Crippen LogP contribution in [-0.4, -0.2) is 35.4 Å². The van der Waals surface area contributed by atoms with Crippen molar-refractivity contribution < 1.29 is 4.79 Å². The average Bonchev–Trinajstić information content (AvgIpc) is 2.76. The molecule has 1 aliphatic heterocycles. The van der Waals surface area contributed by atoms with Gasteiger partial charge < -0.3 is 4.90 Å². The normalized spacial score (nSPS) is 31.5. The minimum absolute atomic E-state index is 0.293. The van der Waals surface area contributed by atoms with Gasteiger partial charge in [0.1, 0.15) is 0 Å². The predicted molar refractivity (Wildman–Crippen MR) is 55.8 cm³/mol. The van der Waals surface area contributed by atoms with Crippen molar-refractivity contribution in [2.24, 2.45) is 11.3 Å². The lowest BCUT2D eigenvalue weighted by molar-refractivity contribution is -0.132. The minimum Gasteiger partial charge on any atom is -0.341 e. The number of hydrogen-bond donors (Lipinski definition) is 0. The molecule has 0 unspecified atom stereocenters. The average molecular weight is 199 g/mol. The zero-order valence-corrected chi connectivity index (χ0v) is 9.19. The monoisotopic (exact) mass is 199 g/mol. The fourth-order valence-corrected chi connectivity index (χ4v) is 2.80. The molecule has 0 spiro atoms. The molecule has 0 aromatic carbocycles. The number of carbonyl (C=O) groups excluding carboxylic acids is 1. The van der Waals surface area contributed by atoms with Gasteiger partial charge in [0.05, 0.1) is 0 Å². The first-order valence-electron chi connectivity index (χ1n) is 4.98. The van der Waals surface area contributed by atoms with E-state index in [4.69, 9.17) is 0 Å². The molecule has 0 aromatic heterocycles. The van der Waals surface area contributed by atoms with E-state index in [0.29, 0.717) is 17.2 Å². The summed E-state index contributed by atoms with van der Waals surface area (Å²) >= 11 is 1.95. The second-order valence-electron chi connectivity index (χ2n) is 4.68. The Balaban J connectivity index is 1.90. The van der Waals surface area contributed by atoms with Gasteiger partial charge in [-0.3, -0.25) is 4.79 Å². The van der Waals surface area contributed by atoms with Crippen molar-refractivity contribution in [1.82, 2.24) is 4.90 Å². The first-order chi connectivity index (χ1) is 6.11. The summed E-state index contributed by atoms with van der Waals surface area (Å²) in [5.74, 6) is 2.98. The van der Waals surface area contributed by atoms with Crippen molar-refractivity contribution >= 4 is 17.7 Å². The molecule has 1 saturated carbocycles. The Bertz CT molecular complexity index is 221. The Morgan fingerprint density at radius 3 is 2.38 bits per heavy atom. The summed E-state index contributed by atoms with van der Waals surface area (Å²) in [6.45, 7) is 6.31. The zero-order valence-electron chi connectivity index (χ0n) is 8.38. The maximum absolute atomic E-state index is 11.9. The van der Waals surface area contributed by atoms with Crippen LogP contribution < -0.4 is 0 Å². The molecule has 1 amide bonds. The molecule has 74 valence electrons. The summed E-state index contributed by atoms with van der Waals surface area (Å²) in [4.78, 5) is 13.9. The number of nitrogens with zero attached hydrogens (tertiary/aromatic N) is 1. The van der Waals surface area contributed by atoms with Crippen molar-refractivity contribution in [3.05, 3.63) is 0 Å². The molecule has 2 rings (SSSR count). The van der Waals surface area contributed by atoms with Gasteiger partial charge in [0, 0.05) is 30.5 Å². The summed E-state index contributed by atoms with van der Waals surface area (Å²) in [7, 11) is 0. The standard InChI is InChI=1S/C10H17NOS/c1-10(2)7-8(10)9(12)11-3-5-13-6-4-11/h8H,3-7H2,1-2H3/t8-/m1/s1. The summed E-state index contributed by atoms with van der Waals surface area (Å²) in [5, 5.41) is 0. The van der Waals surface area contributed by atoms with E-state index in [1.165, 1.54) is 0 Å². The Kier molecular flexibility index (Phi) is 2.30. The van der Waals surface area contributed by atoms with E-state index in [0.717, 1.165) is 31.0 Å². The summed E-state index contributed by atoms with van der Waals surface area (Å²) < 4.78 is 0. The molecule has 1 atom stereocenters. The van der Waals surface area contributed by atoms with Crippen LogP contribution in [0.1, 0.15) is 20.3 Å². The molecule has 2 nitrogen and oxygen atoms in total. The van der Waals surface area contributed by atoms with Crippen LogP contribution in [0.25, 0.3) is 0 Å². The fraction of sp³-hybridized carbons (Fsp3) is 0.900. The third-order valence-electron chi connectivity index (χ3n) is 3.13. The molecular formula is C10H17NOS. The van der Waals surface area contributed by atoms with E-state index in [-0.39, 0.29) is 0 Å². The van der Waals surface area contributed by atoms with E-state index in [2.05, 4.69) is 18.7 Å². The van der Waals surface area contributed by atoms with Gasteiger partial charge in [-0.1, -0.05) is 13.8 Å². The van der Waals surface area contributed by atoms with E-state index >= 15 is 0 Å². The predicted octanol–water partition coefficient (Wildman–Crippen LogP) is 1.61. The van der Waals surface area contributed by atoms with Crippen molar-refractivity contribution in [3.8, 4) is 0 Å². The van der Waals surface area contributed by atoms with Gasteiger partial charge in [-0.05, 0) is 11.8 Å². The maximum atomic E-state index is 11.9. The number of carbonyl (C=O) groups is 1. The van der Waals surface area contributed by atoms with Crippen LogP contribution in [-0.2, 0) is 4.79 Å². The Labute approximate surface area is 84.1 Å². The molecule has 2 aliphatic rings. The minimum atomic E-state index is 0.293. The number of amides is 1. The molecule has 1 saturated heterocycles. The largest absolute Gasteiger partial charge is 0.341 e. The molecule has 0 bridgehead atoms. The van der Waals surface area contributed by atoms with Crippen LogP contribution in [0.15, 0.2) is 0 Å². The van der Waals surface area contributed by atoms with Crippen molar-refractivity contribution in [3.63, 3.8) is 0 Å². The highest BCUT2D eigenvalue weighted by Crippen LogP contribution is 2.52. The van der Waals surface area contributed by atoms with E-state index in [1.54, 1.807) is 0 Å². The van der Waals surface area contributed by atoms with E-state index < -0.39 is 0 Å². The molecule has 0 N–H and O–H groups in total. The molecule has 2 fully saturated rings. The smallest absolute Gasteiger partial charge is 0.226 e. The molecule has 1 aliphatic carbocycles. The lowest BCUT2D eigenvalue weighted by Gasteiger charge is -2.27. The lowest BCUT2D eigenvalue weighted by atomic mass is 10.1. The van der Waals surface area contributed by atoms with Crippen molar-refractivity contribution in [2.45, 2.75) is 20.3 Å². The maximum Gasteiger partial charge on any atom is 0.226 e. The quantitative estimate of drug-likeness (QED) is 0.639. The topological polar surface area (TPSA) is 20.3 Å². The second-order valence-corrected chi connectivity index (χ2v) is 5.91. The second kappa shape index (κ2) is 3.19. The SMILES string of the molecule is CC1(C)C[C@@H]1C(=O)N1CCSCC1. The van der Waals surface area contributed by atoms with Crippen LogP contribution in [0.3, 0.4) is 0 Å². The third-order valence-corrected chi connectivity index (χ3v) is 4.08. The number of rotatable bonds is 1. The number of thioether (sulfide) groups is 1. The van der Waals surface area contributed by atoms with E-state index in [9.17, 15) is 4.79 Å². The lowest BCUT2D eigenvalue weighted by Crippen LogP contribution is -2.39. The van der Waals surface area contributed by atoms with Crippen LogP contribution in [0.2, 0.25) is 0 Å². The van der Waals surface area contributed by atoms with Crippen LogP contribution in [0.4, 0.5) is 0 Å². The van der Waals surface area contributed by atoms with Crippen LogP contribution in [0.5, 0.6) is 0 Å². The van der Waals surface area contributed by atoms with Gasteiger partial charge in [-0.15, -0.1) is 0 Å². The first kappa shape index (κ1) is 9.38. The highest BCUT2D eigenvalue weighted by Gasteiger charge is 2.51. The van der Waals surface area contributed by atoms with Gasteiger partial charge in [0.25, 0.3) is 0 Å². The van der Waals surface area contributed by atoms with Gasteiger partial charge in [-0.2, -0.15) is 11.8 Å². The zero-order chi connectivity index (χ0) is 9.47. The van der Waals surface area contributed by atoms with Gasteiger partial charge in [0.15, 0.2) is 0 Å². The van der Waals surface area contributed by atoms with Crippen LogP contribution >= 0.6 is 11.8 Å². The molecule has 13 heavy (non-hydrogen) atoms. The Hall–Kier alpha value is -0.180. The summed E-state index contributed by atoms with van der Waals surface area (Å²) in [6, 6.07) is 0. The number of hydrogen-bond acceptors (Lipinski definition) is 2. The summed E-state index contributed by atoms with van der Waals surface area (Å²) in [5.41, 5.74) is 0.293. The van der Waals surface area contributed by atoms with Gasteiger partial charge in [0.2, 0.25) is 5.91 Å². The molecule has 3 heteroatoms. The molecule has 0 radical (unpaired) electrons. The van der Waals surface area contributed by atoms with Crippen molar-refractivity contribution in [2.75, 3.05) is 24.6 Å². The van der Waals surface area contributed by atoms with Gasteiger partial charge in [-0.25, -0.2) is 0 Å². The van der Waals surface area contributed by atoms with E-state index in [1.807, 2.05) is 11.8 Å². The fourth-order valence-electron chi connectivity index (χ4n) is 1.89. The Morgan fingerprint density at radius 2 is 1.92 bits per heavy atom. The third kappa shape index (κ3) is 1.85. The highest BCUT2D eigenvalue weighted by atomic mass is 32.2.